The van der Waals surface area contributed by atoms with Gasteiger partial charge >= 0.3 is 0 Å². The van der Waals surface area contributed by atoms with Crippen molar-refractivity contribution in [3.63, 3.8) is 0 Å². The average molecular weight is 282 g/mol. The number of benzene rings is 1. The topological polar surface area (TPSA) is 50.9 Å². The van der Waals surface area contributed by atoms with Gasteiger partial charge in [0.2, 0.25) is 0 Å². The van der Waals surface area contributed by atoms with E-state index in [9.17, 15) is 0 Å². The van der Waals surface area contributed by atoms with Crippen LogP contribution in [0.1, 0.15) is 5.56 Å². The Bertz CT molecular complexity index is 544. The van der Waals surface area contributed by atoms with E-state index in [1.54, 1.807) is 18.3 Å². The molecule has 0 amide bonds. The minimum atomic E-state index is 0.639. The first-order chi connectivity index (χ1) is 8.66. The van der Waals surface area contributed by atoms with E-state index in [1.807, 2.05) is 18.2 Å². The minimum absolute atomic E-state index is 0.639. The van der Waals surface area contributed by atoms with E-state index in [4.69, 9.17) is 28.9 Å². The van der Waals surface area contributed by atoms with Gasteiger partial charge in [-0.1, -0.05) is 29.3 Å². The van der Waals surface area contributed by atoms with Crippen molar-refractivity contribution in [3.05, 3.63) is 52.1 Å². The molecule has 5 heteroatoms. The second-order valence-electron chi connectivity index (χ2n) is 3.85. The fourth-order valence-corrected chi connectivity index (χ4v) is 2.11. The fraction of sp³-hybridized carbons (Fsp3) is 0.154. The molecule has 0 aliphatic rings. The third-order valence-electron chi connectivity index (χ3n) is 2.54. The second-order valence-corrected chi connectivity index (χ2v) is 4.70. The lowest BCUT2D eigenvalue weighted by atomic mass is 10.1. The lowest BCUT2D eigenvalue weighted by molar-refractivity contribution is 1.01. The number of halogens is 2. The van der Waals surface area contributed by atoms with Crippen LogP contribution in [0.2, 0.25) is 10.0 Å². The van der Waals surface area contributed by atoms with Crippen molar-refractivity contribution >= 4 is 34.7 Å². The summed E-state index contributed by atoms with van der Waals surface area (Å²) in [7, 11) is 0. The summed E-state index contributed by atoms with van der Waals surface area (Å²) in [6, 6.07) is 9.11. The Hall–Kier alpha value is -1.45. The van der Waals surface area contributed by atoms with E-state index < -0.39 is 0 Å². The summed E-state index contributed by atoms with van der Waals surface area (Å²) in [6.45, 7) is 0.711. The Balaban J connectivity index is 1.95. The molecule has 1 heterocycles. The molecule has 0 aliphatic carbocycles. The summed E-state index contributed by atoms with van der Waals surface area (Å²) in [5.74, 6) is 0.697. The largest absolute Gasteiger partial charge is 0.396 e. The number of nitrogen functional groups attached to an aromatic ring is 1. The average Bonchev–Trinajstić information content (AvgIpc) is 2.34. The highest BCUT2D eigenvalue weighted by atomic mass is 35.5. The summed E-state index contributed by atoms with van der Waals surface area (Å²) in [4.78, 5) is 4.16. The standard InChI is InChI=1S/C13H13Cl2N3/c14-10-4-3-9(11(15)8-10)5-7-18-13-12(16)2-1-6-17-13/h1-4,6,8H,5,7,16H2,(H,17,18). The van der Waals surface area contributed by atoms with Crippen LogP contribution in [0, 0.1) is 0 Å². The van der Waals surface area contributed by atoms with Gasteiger partial charge in [0.25, 0.3) is 0 Å². The first-order valence-corrected chi connectivity index (χ1v) is 6.30. The number of anilines is 2. The molecule has 0 bridgehead atoms. The molecule has 3 nitrogen and oxygen atoms in total. The number of hydrogen-bond donors (Lipinski definition) is 2. The first-order valence-electron chi connectivity index (χ1n) is 5.55. The predicted molar refractivity (Wildman–Crippen MR) is 77.3 cm³/mol. The van der Waals surface area contributed by atoms with Gasteiger partial charge in [-0.25, -0.2) is 4.98 Å². The van der Waals surface area contributed by atoms with E-state index in [0.29, 0.717) is 28.1 Å². The van der Waals surface area contributed by atoms with Crippen molar-refractivity contribution in [3.8, 4) is 0 Å². The maximum absolute atomic E-state index is 6.09. The molecule has 0 aliphatic heterocycles. The molecule has 2 aromatic rings. The first kappa shape index (κ1) is 13.0. The molecule has 18 heavy (non-hydrogen) atoms. The minimum Gasteiger partial charge on any atom is -0.396 e. The molecular formula is C13H13Cl2N3. The van der Waals surface area contributed by atoms with Gasteiger partial charge in [0, 0.05) is 22.8 Å². The van der Waals surface area contributed by atoms with E-state index in [-0.39, 0.29) is 0 Å². The van der Waals surface area contributed by atoms with Gasteiger partial charge in [-0.3, -0.25) is 0 Å². The number of rotatable bonds is 4. The highest BCUT2D eigenvalue weighted by Gasteiger charge is 2.02. The molecule has 94 valence electrons. The maximum Gasteiger partial charge on any atom is 0.149 e. The Kier molecular flexibility index (Phi) is 4.28. The van der Waals surface area contributed by atoms with Gasteiger partial charge < -0.3 is 11.1 Å². The molecule has 0 fully saturated rings. The summed E-state index contributed by atoms with van der Waals surface area (Å²) in [6.07, 6.45) is 2.49. The van der Waals surface area contributed by atoms with Crippen molar-refractivity contribution < 1.29 is 0 Å². The molecule has 1 aromatic heterocycles. The number of nitrogens with zero attached hydrogens (tertiary/aromatic N) is 1. The van der Waals surface area contributed by atoms with Crippen LogP contribution >= 0.6 is 23.2 Å². The SMILES string of the molecule is Nc1cccnc1NCCc1ccc(Cl)cc1Cl. The lowest BCUT2D eigenvalue weighted by Crippen LogP contribution is -2.08. The van der Waals surface area contributed by atoms with Gasteiger partial charge in [0.15, 0.2) is 0 Å². The van der Waals surface area contributed by atoms with Crippen LogP contribution in [0.15, 0.2) is 36.5 Å². The van der Waals surface area contributed by atoms with Gasteiger partial charge in [0.05, 0.1) is 5.69 Å². The Morgan fingerprint density at radius 2 is 2.06 bits per heavy atom. The van der Waals surface area contributed by atoms with Gasteiger partial charge in [-0.05, 0) is 36.2 Å². The number of hydrogen-bond acceptors (Lipinski definition) is 3. The number of aromatic nitrogens is 1. The third kappa shape index (κ3) is 3.28. The molecule has 0 radical (unpaired) electrons. The van der Waals surface area contributed by atoms with E-state index in [0.717, 1.165) is 12.0 Å². The highest BCUT2D eigenvalue weighted by Crippen LogP contribution is 2.21. The zero-order chi connectivity index (χ0) is 13.0. The van der Waals surface area contributed by atoms with Crippen LogP contribution in [-0.4, -0.2) is 11.5 Å². The van der Waals surface area contributed by atoms with E-state index in [2.05, 4.69) is 10.3 Å². The molecular weight excluding hydrogens is 269 g/mol. The molecule has 0 saturated carbocycles. The van der Waals surface area contributed by atoms with Crippen molar-refractivity contribution in [2.45, 2.75) is 6.42 Å². The van der Waals surface area contributed by atoms with E-state index in [1.165, 1.54) is 0 Å². The highest BCUT2D eigenvalue weighted by molar-refractivity contribution is 6.35. The van der Waals surface area contributed by atoms with Crippen LogP contribution in [0.25, 0.3) is 0 Å². The quantitative estimate of drug-likeness (QED) is 0.900. The van der Waals surface area contributed by atoms with Crippen molar-refractivity contribution in [2.24, 2.45) is 0 Å². The zero-order valence-corrected chi connectivity index (χ0v) is 11.2. The van der Waals surface area contributed by atoms with Gasteiger partial charge in [-0.2, -0.15) is 0 Å². The monoisotopic (exact) mass is 281 g/mol. The molecule has 0 saturated heterocycles. The van der Waals surface area contributed by atoms with Gasteiger partial charge in [0.1, 0.15) is 5.82 Å². The third-order valence-corrected chi connectivity index (χ3v) is 3.13. The van der Waals surface area contributed by atoms with Crippen LogP contribution in [-0.2, 0) is 6.42 Å². The Morgan fingerprint density at radius 1 is 1.22 bits per heavy atom. The summed E-state index contributed by atoms with van der Waals surface area (Å²) >= 11 is 11.9. The van der Waals surface area contributed by atoms with Crippen LogP contribution in [0.5, 0.6) is 0 Å². The molecule has 2 rings (SSSR count). The molecule has 0 unspecified atom stereocenters. The zero-order valence-electron chi connectivity index (χ0n) is 9.66. The van der Waals surface area contributed by atoms with Crippen molar-refractivity contribution in [2.75, 3.05) is 17.6 Å². The summed E-state index contributed by atoms with van der Waals surface area (Å²) in [5, 5.41) is 4.50. The number of nitrogens with one attached hydrogen (secondary N) is 1. The van der Waals surface area contributed by atoms with Crippen molar-refractivity contribution in [1.82, 2.24) is 4.98 Å². The van der Waals surface area contributed by atoms with Crippen molar-refractivity contribution in [1.29, 1.82) is 0 Å². The molecule has 3 N–H and O–H groups in total. The fourth-order valence-electron chi connectivity index (χ4n) is 1.61. The second kappa shape index (κ2) is 5.94. The molecule has 0 atom stereocenters. The lowest BCUT2D eigenvalue weighted by Gasteiger charge is -2.08. The van der Waals surface area contributed by atoms with Crippen LogP contribution in [0.3, 0.4) is 0 Å². The van der Waals surface area contributed by atoms with Crippen LogP contribution in [0.4, 0.5) is 11.5 Å². The van der Waals surface area contributed by atoms with E-state index >= 15 is 0 Å². The predicted octanol–water partition coefficient (Wildman–Crippen LogP) is 3.63. The number of nitrogens with two attached hydrogens (primary N) is 1. The molecule has 0 spiro atoms. The maximum atomic E-state index is 6.09. The normalized spacial score (nSPS) is 10.3. The number of pyridine rings is 1. The summed E-state index contributed by atoms with van der Waals surface area (Å²) < 4.78 is 0. The summed E-state index contributed by atoms with van der Waals surface area (Å²) in [5.41, 5.74) is 7.46. The van der Waals surface area contributed by atoms with Gasteiger partial charge in [-0.15, -0.1) is 0 Å². The Labute approximate surface area is 116 Å². The smallest absolute Gasteiger partial charge is 0.149 e. The Morgan fingerprint density at radius 3 is 2.78 bits per heavy atom. The van der Waals surface area contributed by atoms with Crippen LogP contribution < -0.4 is 11.1 Å². The molecule has 1 aromatic carbocycles.